The van der Waals surface area contributed by atoms with Crippen molar-refractivity contribution in [1.29, 1.82) is 0 Å². The summed E-state index contributed by atoms with van der Waals surface area (Å²) in [6.07, 6.45) is 0.709. The third-order valence-corrected chi connectivity index (χ3v) is 4.94. The zero-order valence-electron chi connectivity index (χ0n) is 16.5. The molecule has 0 aliphatic carbocycles. The summed E-state index contributed by atoms with van der Waals surface area (Å²) in [7, 11) is 3.02. The quantitative estimate of drug-likeness (QED) is 0.402. The minimum atomic E-state index is -0.843. The molecular weight excluding hydrogens is 378 g/mol. The molecule has 0 aliphatic heterocycles. The summed E-state index contributed by atoms with van der Waals surface area (Å²) in [5, 5.41) is 32.3. The monoisotopic (exact) mass is 403 g/mol. The van der Waals surface area contributed by atoms with Gasteiger partial charge in [-0.3, -0.25) is 13.9 Å². The molecule has 10 heteroatoms. The first kappa shape index (κ1) is 20.6. The summed E-state index contributed by atoms with van der Waals surface area (Å²) in [6.45, 7) is 3.32. The lowest BCUT2D eigenvalue weighted by molar-refractivity contribution is 0.172. The molecule has 2 heterocycles. The summed E-state index contributed by atoms with van der Waals surface area (Å²) in [5.41, 5.74) is 0.410. The maximum atomic E-state index is 12.5. The van der Waals surface area contributed by atoms with Crippen LogP contribution in [0.1, 0.15) is 18.6 Å². The smallest absolute Gasteiger partial charge is 0.332 e. The molecule has 2 unspecified atom stereocenters. The van der Waals surface area contributed by atoms with E-state index >= 15 is 0 Å². The summed E-state index contributed by atoms with van der Waals surface area (Å²) >= 11 is 0. The molecule has 0 saturated carbocycles. The lowest BCUT2D eigenvalue weighted by Gasteiger charge is -2.17. The Morgan fingerprint density at radius 1 is 1.10 bits per heavy atom. The van der Waals surface area contributed by atoms with E-state index in [1.807, 2.05) is 6.92 Å². The van der Waals surface area contributed by atoms with Gasteiger partial charge in [-0.15, -0.1) is 0 Å². The maximum Gasteiger partial charge on any atom is 0.332 e. The van der Waals surface area contributed by atoms with E-state index in [0.717, 1.165) is 4.57 Å². The van der Waals surface area contributed by atoms with Crippen molar-refractivity contribution in [3.05, 3.63) is 50.9 Å². The molecule has 10 nitrogen and oxygen atoms in total. The molecule has 2 atom stereocenters. The van der Waals surface area contributed by atoms with Crippen molar-refractivity contribution in [1.82, 2.24) is 24.0 Å². The number of nitrogens with zero attached hydrogens (tertiary/aromatic N) is 4. The normalized spacial score (nSPS) is 13.7. The Morgan fingerprint density at radius 2 is 1.83 bits per heavy atom. The van der Waals surface area contributed by atoms with Crippen LogP contribution < -0.4 is 16.6 Å². The fraction of sp³-hybridized carbons (Fsp3) is 0.421. The topological polar surface area (TPSA) is 135 Å². The third-order valence-electron chi connectivity index (χ3n) is 4.94. The number of aliphatic hydroxyl groups excluding tert-OH is 1. The zero-order chi connectivity index (χ0) is 21.3. The Bertz CT molecular complexity index is 1150. The van der Waals surface area contributed by atoms with Crippen LogP contribution in [0.4, 0.5) is 0 Å². The molecule has 0 bridgehead atoms. The number of rotatable bonds is 7. The van der Waals surface area contributed by atoms with E-state index in [4.69, 9.17) is 0 Å². The van der Waals surface area contributed by atoms with Gasteiger partial charge in [-0.05, 0) is 30.2 Å². The van der Waals surface area contributed by atoms with E-state index in [1.54, 1.807) is 24.0 Å². The average molecular weight is 403 g/mol. The first-order valence-corrected chi connectivity index (χ1v) is 9.22. The number of imidazole rings is 1. The largest absolute Gasteiger partial charge is 0.504 e. The molecule has 0 aliphatic rings. The van der Waals surface area contributed by atoms with Gasteiger partial charge in [0.25, 0.3) is 5.56 Å². The fourth-order valence-corrected chi connectivity index (χ4v) is 3.27. The van der Waals surface area contributed by atoms with Crippen molar-refractivity contribution in [2.24, 2.45) is 20.0 Å². The predicted molar refractivity (Wildman–Crippen MR) is 107 cm³/mol. The number of aromatic nitrogens is 4. The van der Waals surface area contributed by atoms with Gasteiger partial charge in [0.1, 0.15) is 0 Å². The van der Waals surface area contributed by atoms with Crippen LogP contribution in [0.2, 0.25) is 0 Å². The number of aromatic hydroxyl groups is 2. The number of aliphatic hydroxyl groups is 1. The van der Waals surface area contributed by atoms with Crippen molar-refractivity contribution in [3.63, 3.8) is 0 Å². The van der Waals surface area contributed by atoms with E-state index < -0.39 is 11.8 Å². The van der Waals surface area contributed by atoms with Gasteiger partial charge in [0.2, 0.25) is 0 Å². The lowest BCUT2D eigenvalue weighted by atomic mass is 10.1. The highest BCUT2D eigenvalue weighted by Gasteiger charge is 2.16. The van der Waals surface area contributed by atoms with Gasteiger partial charge in [-0.2, -0.15) is 0 Å². The lowest BCUT2D eigenvalue weighted by Crippen LogP contribution is -2.37. The molecule has 3 aromatic rings. The first-order valence-electron chi connectivity index (χ1n) is 9.22. The first-order chi connectivity index (χ1) is 13.7. The SMILES string of the molecule is CC(CNCC(O)c1ccc(O)c(O)c1)Cn1cnc2c1c(=O)n(C)c(=O)n2C. The Hall–Kier alpha value is -3.11. The van der Waals surface area contributed by atoms with Gasteiger partial charge in [0, 0.05) is 27.2 Å². The number of phenolic OH excluding ortho intramolecular Hbond substituents is 2. The van der Waals surface area contributed by atoms with E-state index in [1.165, 1.54) is 23.7 Å². The maximum absolute atomic E-state index is 12.5. The minimum Gasteiger partial charge on any atom is -0.504 e. The van der Waals surface area contributed by atoms with Crippen molar-refractivity contribution >= 4 is 11.2 Å². The van der Waals surface area contributed by atoms with Gasteiger partial charge < -0.3 is 25.2 Å². The second kappa shape index (κ2) is 8.10. The van der Waals surface area contributed by atoms with Crippen LogP contribution in [0, 0.1) is 5.92 Å². The number of fused-ring (bicyclic) bond motifs is 1. The van der Waals surface area contributed by atoms with Crippen LogP contribution in [0.5, 0.6) is 11.5 Å². The molecular formula is C19H25N5O5. The van der Waals surface area contributed by atoms with Crippen LogP contribution >= 0.6 is 0 Å². The third kappa shape index (κ3) is 4.03. The van der Waals surface area contributed by atoms with Crippen molar-refractivity contribution in [3.8, 4) is 11.5 Å². The van der Waals surface area contributed by atoms with Crippen LogP contribution in [-0.2, 0) is 20.6 Å². The summed E-state index contributed by atoms with van der Waals surface area (Å²) < 4.78 is 4.14. The standard InChI is InChI=1S/C19H25N5O5/c1-11(7-20-8-15(27)12-4-5-13(25)14(26)6-12)9-24-10-21-17-16(24)18(28)23(3)19(29)22(17)2/h4-6,10-11,15,20,25-27H,7-9H2,1-3H3. The van der Waals surface area contributed by atoms with Gasteiger partial charge in [0.05, 0.1) is 12.4 Å². The minimum absolute atomic E-state index is 0.106. The number of aryl methyl sites for hydroxylation is 1. The predicted octanol–water partition coefficient (Wildman–Crippen LogP) is -0.196. The van der Waals surface area contributed by atoms with Crippen LogP contribution in [0.25, 0.3) is 11.2 Å². The zero-order valence-corrected chi connectivity index (χ0v) is 16.5. The summed E-state index contributed by atoms with van der Waals surface area (Å²) in [5.74, 6) is -0.411. The van der Waals surface area contributed by atoms with Gasteiger partial charge >= 0.3 is 5.69 Å². The molecule has 2 aromatic heterocycles. The molecule has 0 saturated heterocycles. The highest BCUT2D eigenvalue weighted by molar-refractivity contribution is 5.69. The number of hydrogen-bond acceptors (Lipinski definition) is 7. The van der Waals surface area contributed by atoms with Crippen molar-refractivity contribution in [2.45, 2.75) is 19.6 Å². The molecule has 1 aromatic carbocycles. The Labute approximate surface area is 166 Å². The molecule has 0 amide bonds. The Balaban J connectivity index is 1.64. The number of nitrogens with one attached hydrogen (secondary N) is 1. The van der Waals surface area contributed by atoms with E-state index in [2.05, 4.69) is 10.3 Å². The van der Waals surface area contributed by atoms with Gasteiger partial charge in [-0.25, -0.2) is 9.78 Å². The van der Waals surface area contributed by atoms with Gasteiger partial charge in [-0.1, -0.05) is 13.0 Å². The van der Waals surface area contributed by atoms with Crippen LogP contribution in [0.3, 0.4) is 0 Å². The Morgan fingerprint density at radius 3 is 2.52 bits per heavy atom. The molecule has 4 N–H and O–H groups in total. The van der Waals surface area contributed by atoms with E-state index in [9.17, 15) is 24.9 Å². The molecule has 0 radical (unpaired) electrons. The summed E-state index contributed by atoms with van der Waals surface area (Å²) in [6, 6.07) is 4.19. The fourth-order valence-electron chi connectivity index (χ4n) is 3.27. The average Bonchev–Trinajstić information content (AvgIpc) is 3.10. The molecule has 0 spiro atoms. The Kier molecular flexibility index (Phi) is 5.76. The van der Waals surface area contributed by atoms with E-state index in [-0.39, 0.29) is 29.5 Å². The molecule has 29 heavy (non-hydrogen) atoms. The van der Waals surface area contributed by atoms with Crippen LogP contribution in [-0.4, -0.2) is 47.1 Å². The van der Waals surface area contributed by atoms with Crippen LogP contribution in [0.15, 0.2) is 34.1 Å². The molecule has 0 fully saturated rings. The van der Waals surface area contributed by atoms with Crippen molar-refractivity contribution < 1.29 is 15.3 Å². The molecule has 3 rings (SSSR count). The van der Waals surface area contributed by atoms with Gasteiger partial charge in [0.15, 0.2) is 22.7 Å². The summed E-state index contributed by atoms with van der Waals surface area (Å²) in [4.78, 5) is 28.7. The van der Waals surface area contributed by atoms with Crippen molar-refractivity contribution in [2.75, 3.05) is 13.1 Å². The highest BCUT2D eigenvalue weighted by Crippen LogP contribution is 2.27. The second-order valence-electron chi connectivity index (χ2n) is 7.30. The second-order valence-corrected chi connectivity index (χ2v) is 7.30. The molecule has 156 valence electrons. The van der Waals surface area contributed by atoms with E-state index in [0.29, 0.717) is 29.8 Å². The number of hydrogen-bond donors (Lipinski definition) is 4. The number of benzene rings is 1. The number of phenols is 2. The highest BCUT2D eigenvalue weighted by atomic mass is 16.3.